The van der Waals surface area contributed by atoms with Crippen LogP contribution >= 0.6 is 0 Å². The van der Waals surface area contributed by atoms with Crippen LogP contribution in [0.25, 0.3) is 0 Å². The lowest BCUT2D eigenvalue weighted by molar-refractivity contribution is 0.187. The Morgan fingerprint density at radius 2 is 1.44 bits per heavy atom. The van der Waals surface area contributed by atoms with E-state index in [1.807, 2.05) is 0 Å². The number of hydrogen-bond acceptors (Lipinski definition) is 2. The Morgan fingerprint density at radius 3 is 2.09 bits per heavy atom. The predicted octanol–water partition coefficient (Wildman–Crippen LogP) is 9.84. The van der Waals surface area contributed by atoms with E-state index in [1.54, 1.807) is 0 Å². The summed E-state index contributed by atoms with van der Waals surface area (Å²) < 4.78 is 5.93. The lowest BCUT2D eigenvalue weighted by atomic mass is 9.70. The van der Waals surface area contributed by atoms with Gasteiger partial charge < -0.3 is 4.74 Å². The normalized spacial score (nSPS) is 26.0. The van der Waals surface area contributed by atoms with Crippen LogP contribution in [0, 0.1) is 35.0 Å². The third-order valence-electron chi connectivity index (χ3n) is 8.89. The molecule has 2 aliphatic rings. The molecular formula is C32H51NO. The third kappa shape index (κ3) is 8.94. The number of benzene rings is 1. The van der Waals surface area contributed by atoms with Crippen molar-refractivity contribution in [2.24, 2.45) is 23.7 Å². The van der Waals surface area contributed by atoms with Gasteiger partial charge in [-0.15, -0.1) is 0 Å². The van der Waals surface area contributed by atoms with Gasteiger partial charge in [-0.05, 0) is 92.7 Å². The van der Waals surface area contributed by atoms with Gasteiger partial charge in [-0.2, -0.15) is 5.26 Å². The van der Waals surface area contributed by atoms with Crippen LogP contribution < -0.4 is 4.74 Å². The molecule has 1 aromatic carbocycles. The Hall–Kier alpha value is -1.49. The smallest absolute Gasteiger partial charge is 0.119 e. The molecule has 0 amide bonds. The van der Waals surface area contributed by atoms with Crippen LogP contribution in [0.4, 0.5) is 0 Å². The summed E-state index contributed by atoms with van der Waals surface area (Å²) in [6, 6.07) is 11.7. The molecule has 0 saturated heterocycles. The van der Waals surface area contributed by atoms with E-state index in [0.717, 1.165) is 37.0 Å². The Bertz CT molecular complexity index is 689. The Morgan fingerprint density at radius 1 is 0.794 bits per heavy atom. The lowest BCUT2D eigenvalue weighted by Gasteiger charge is -2.34. The first-order valence-corrected chi connectivity index (χ1v) is 14.9. The number of ether oxygens (including phenoxy) is 1. The van der Waals surface area contributed by atoms with Crippen molar-refractivity contribution in [2.75, 3.05) is 6.61 Å². The minimum Gasteiger partial charge on any atom is -0.494 e. The van der Waals surface area contributed by atoms with Gasteiger partial charge in [-0.1, -0.05) is 83.8 Å². The average molecular weight is 466 g/mol. The van der Waals surface area contributed by atoms with Crippen molar-refractivity contribution < 1.29 is 4.74 Å². The summed E-state index contributed by atoms with van der Waals surface area (Å²) in [5, 5.41) is 9.95. The summed E-state index contributed by atoms with van der Waals surface area (Å²) in [5.74, 6) is 4.37. The summed E-state index contributed by atoms with van der Waals surface area (Å²) in [6.07, 6.45) is 22.2. The second-order valence-electron chi connectivity index (χ2n) is 11.4. The van der Waals surface area contributed by atoms with Crippen molar-refractivity contribution in [3.63, 3.8) is 0 Å². The van der Waals surface area contributed by atoms with Crippen LogP contribution in [0.5, 0.6) is 5.75 Å². The van der Waals surface area contributed by atoms with Crippen molar-refractivity contribution in [1.82, 2.24) is 0 Å². The van der Waals surface area contributed by atoms with Crippen molar-refractivity contribution >= 4 is 0 Å². The average Bonchev–Trinajstić information content (AvgIpc) is 2.89. The predicted molar refractivity (Wildman–Crippen MR) is 144 cm³/mol. The van der Waals surface area contributed by atoms with Gasteiger partial charge in [0.15, 0.2) is 0 Å². The molecule has 0 bridgehead atoms. The molecule has 0 spiro atoms. The molecule has 2 heteroatoms. The van der Waals surface area contributed by atoms with Gasteiger partial charge in [-0.25, -0.2) is 0 Å². The number of rotatable bonds is 14. The minimum absolute atomic E-state index is 0.298. The molecule has 190 valence electrons. The van der Waals surface area contributed by atoms with E-state index in [9.17, 15) is 5.26 Å². The molecule has 2 saturated carbocycles. The number of hydrogen-bond donors (Lipinski definition) is 0. The van der Waals surface area contributed by atoms with Gasteiger partial charge in [-0.3, -0.25) is 0 Å². The highest BCUT2D eigenvalue weighted by Gasteiger charge is 2.31. The molecule has 0 aliphatic heterocycles. The van der Waals surface area contributed by atoms with E-state index >= 15 is 0 Å². The zero-order valence-electron chi connectivity index (χ0n) is 22.3. The van der Waals surface area contributed by atoms with Crippen molar-refractivity contribution in [3.05, 3.63) is 29.8 Å². The van der Waals surface area contributed by atoms with Crippen LogP contribution in [0.3, 0.4) is 0 Å². The molecule has 1 unspecified atom stereocenters. The van der Waals surface area contributed by atoms with Crippen LogP contribution in [0.2, 0.25) is 0 Å². The highest BCUT2D eigenvalue weighted by Crippen LogP contribution is 2.42. The zero-order valence-corrected chi connectivity index (χ0v) is 22.3. The summed E-state index contributed by atoms with van der Waals surface area (Å²) in [5.41, 5.74) is 1.48. The first-order valence-electron chi connectivity index (χ1n) is 14.9. The highest BCUT2D eigenvalue weighted by molar-refractivity contribution is 5.29. The third-order valence-corrected chi connectivity index (χ3v) is 8.89. The molecule has 2 nitrogen and oxygen atoms in total. The fourth-order valence-corrected chi connectivity index (χ4v) is 6.56. The van der Waals surface area contributed by atoms with E-state index in [1.165, 1.54) is 102 Å². The van der Waals surface area contributed by atoms with Gasteiger partial charge >= 0.3 is 0 Å². The van der Waals surface area contributed by atoms with E-state index < -0.39 is 0 Å². The Balaban J connectivity index is 1.36. The SMILES string of the molecule is CCCCCCOc1ccc(C2CCC(CC(C#N)C3CCC(CCCCC)CC3)CC2)cc1. The fraction of sp³-hybridized carbons (Fsp3) is 0.781. The monoisotopic (exact) mass is 465 g/mol. The topological polar surface area (TPSA) is 33.0 Å². The number of nitrogens with zero attached hydrogens (tertiary/aromatic N) is 1. The number of unbranched alkanes of at least 4 members (excludes halogenated alkanes) is 5. The quantitative estimate of drug-likeness (QED) is 0.256. The Kier molecular flexibility index (Phi) is 12.4. The zero-order chi connectivity index (χ0) is 24.0. The maximum atomic E-state index is 9.95. The molecule has 1 aromatic rings. The molecule has 0 N–H and O–H groups in total. The van der Waals surface area contributed by atoms with Gasteiger partial charge in [0.05, 0.1) is 12.7 Å². The molecule has 0 aromatic heterocycles. The first-order chi connectivity index (χ1) is 16.7. The maximum absolute atomic E-state index is 9.95. The van der Waals surface area contributed by atoms with Crippen molar-refractivity contribution in [2.45, 2.75) is 129 Å². The molecule has 2 aliphatic carbocycles. The first kappa shape index (κ1) is 27.1. The standard InChI is InChI=1S/C32H51NO/c1-3-5-7-9-23-34-32-21-19-29(20-22-32)28-17-13-27(14-18-28)24-31(25-33)30-15-11-26(12-16-30)10-8-6-4-2/h19-22,26-28,30-31H,3-18,23-24H2,1-2H3. The van der Waals surface area contributed by atoms with Crippen molar-refractivity contribution in [3.8, 4) is 11.8 Å². The molecule has 1 atom stereocenters. The van der Waals surface area contributed by atoms with E-state index in [4.69, 9.17) is 4.74 Å². The van der Waals surface area contributed by atoms with Crippen molar-refractivity contribution in [1.29, 1.82) is 5.26 Å². The van der Waals surface area contributed by atoms with E-state index in [-0.39, 0.29) is 0 Å². The summed E-state index contributed by atoms with van der Waals surface area (Å²) in [6.45, 7) is 5.38. The molecule has 0 heterocycles. The van der Waals surface area contributed by atoms with Crippen LogP contribution in [-0.2, 0) is 0 Å². The molecule has 34 heavy (non-hydrogen) atoms. The van der Waals surface area contributed by atoms with Crippen LogP contribution in [-0.4, -0.2) is 6.61 Å². The summed E-state index contributed by atoms with van der Waals surface area (Å²) in [7, 11) is 0. The lowest BCUT2D eigenvalue weighted by Crippen LogP contribution is -2.24. The van der Waals surface area contributed by atoms with Gasteiger partial charge in [0.1, 0.15) is 5.75 Å². The second kappa shape index (κ2) is 15.5. The van der Waals surface area contributed by atoms with E-state index in [2.05, 4.69) is 44.2 Å². The summed E-state index contributed by atoms with van der Waals surface area (Å²) >= 11 is 0. The second-order valence-corrected chi connectivity index (χ2v) is 11.4. The van der Waals surface area contributed by atoms with Crippen LogP contribution in [0.1, 0.15) is 134 Å². The van der Waals surface area contributed by atoms with Crippen LogP contribution in [0.15, 0.2) is 24.3 Å². The molecular weight excluding hydrogens is 414 g/mol. The van der Waals surface area contributed by atoms with E-state index in [0.29, 0.717) is 17.8 Å². The molecule has 2 fully saturated rings. The molecule has 3 rings (SSSR count). The number of nitriles is 1. The summed E-state index contributed by atoms with van der Waals surface area (Å²) in [4.78, 5) is 0. The fourth-order valence-electron chi connectivity index (χ4n) is 6.56. The molecule has 0 radical (unpaired) electrons. The van der Waals surface area contributed by atoms with Gasteiger partial charge in [0, 0.05) is 5.92 Å². The minimum atomic E-state index is 0.298. The Labute approximate surface area is 210 Å². The highest BCUT2D eigenvalue weighted by atomic mass is 16.5. The van der Waals surface area contributed by atoms with Gasteiger partial charge in [0.2, 0.25) is 0 Å². The largest absolute Gasteiger partial charge is 0.494 e. The maximum Gasteiger partial charge on any atom is 0.119 e. The van der Waals surface area contributed by atoms with Gasteiger partial charge in [0.25, 0.3) is 0 Å².